The van der Waals surface area contributed by atoms with Gasteiger partial charge in [0.2, 0.25) is 0 Å². The fourth-order valence-corrected chi connectivity index (χ4v) is 2.25. The highest BCUT2D eigenvalue weighted by Gasteiger charge is 2.26. The van der Waals surface area contributed by atoms with Crippen LogP contribution < -0.4 is 10.2 Å². The lowest BCUT2D eigenvalue weighted by Crippen LogP contribution is -2.57. The van der Waals surface area contributed by atoms with Crippen LogP contribution in [0.15, 0.2) is 12.5 Å². The van der Waals surface area contributed by atoms with Crippen LogP contribution in [0.25, 0.3) is 11.0 Å². The zero-order valence-corrected chi connectivity index (χ0v) is 10.1. The minimum Gasteiger partial charge on any atom is -0.351 e. The minimum absolute atomic E-state index is 0.540. The highest BCUT2D eigenvalue weighted by Crippen LogP contribution is 2.24. The molecule has 0 atom stereocenters. The summed E-state index contributed by atoms with van der Waals surface area (Å²) in [5, 5.41) is 8.57. The Morgan fingerprint density at radius 3 is 2.94 bits per heavy atom. The summed E-state index contributed by atoms with van der Waals surface area (Å²) in [5.41, 5.74) is 0.890. The number of anilines is 1. The summed E-state index contributed by atoms with van der Waals surface area (Å²) in [5.74, 6) is 0.997. The largest absolute Gasteiger partial charge is 0.351 e. The number of aromatic nitrogens is 4. The van der Waals surface area contributed by atoms with Crippen LogP contribution in [0.3, 0.4) is 0 Å². The molecule has 1 N–H and O–H groups in total. The molecule has 6 heteroatoms. The standard InChI is InChI=1S/C11H16N6/c1-3-17(8-4-12-5-8)11-9-6-15-16(2)10(9)13-7-14-11/h6-8,12H,3-5H2,1-2H3. The second kappa shape index (κ2) is 3.96. The lowest BCUT2D eigenvalue weighted by atomic mass is 10.1. The van der Waals surface area contributed by atoms with E-state index in [2.05, 4.69) is 32.2 Å². The normalized spacial score (nSPS) is 16.1. The maximum absolute atomic E-state index is 4.43. The summed E-state index contributed by atoms with van der Waals surface area (Å²) in [6, 6.07) is 0.540. The third-order valence-corrected chi connectivity index (χ3v) is 3.32. The van der Waals surface area contributed by atoms with Gasteiger partial charge >= 0.3 is 0 Å². The fraction of sp³-hybridized carbons (Fsp3) is 0.545. The lowest BCUT2D eigenvalue weighted by Gasteiger charge is -2.38. The average molecular weight is 232 g/mol. The van der Waals surface area contributed by atoms with E-state index in [1.165, 1.54) is 0 Å². The van der Waals surface area contributed by atoms with E-state index < -0.39 is 0 Å². The van der Waals surface area contributed by atoms with Crippen molar-refractivity contribution in [2.45, 2.75) is 13.0 Å². The summed E-state index contributed by atoms with van der Waals surface area (Å²) in [7, 11) is 1.90. The van der Waals surface area contributed by atoms with Gasteiger partial charge in [0.15, 0.2) is 5.65 Å². The predicted molar refractivity (Wildman–Crippen MR) is 66.0 cm³/mol. The highest BCUT2D eigenvalue weighted by atomic mass is 15.3. The molecule has 1 saturated heterocycles. The molecule has 17 heavy (non-hydrogen) atoms. The van der Waals surface area contributed by atoms with Crippen LogP contribution >= 0.6 is 0 Å². The third-order valence-electron chi connectivity index (χ3n) is 3.32. The van der Waals surface area contributed by atoms with Crippen molar-refractivity contribution in [3.63, 3.8) is 0 Å². The first-order valence-corrected chi connectivity index (χ1v) is 5.91. The molecule has 0 aliphatic carbocycles. The van der Waals surface area contributed by atoms with Crippen LogP contribution in [0.1, 0.15) is 6.92 Å². The number of aryl methyl sites for hydroxylation is 1. The molecule has 1 aliphatic heterocycles. The van der Waals surface area contributed by atoms with Gasteiger partial charge in [0.25, 0.3) is 0 Å². The van der Waals surface area contributed by atoms with E-state index in [9.17, 15) is 0 Å². The van der Waals surface area contributed by atoms with Crippen molar-refractivity contribution >= 4 is 16.9 Å². The second-order valence-corrected chi connectivity index (χ2v) is 4.30. The van der Waals surface area contributed by atoms with Crippen molar-refractivity contribution in [1.82, 2.24) is 25.1 Å². The summed E-state index contributed by atoms with van der Waals surface area (Å²) in [6.45, 7) is 5.16. The van der Waals surface area contributed by atoms with Gasteiger partial charge in [-0.1, -0.05) is 0 Å². The van der Waals surface area contributed by atoms with E-state index in [0.29, 0.717) is 6.04 Å². The summed E-state index contributed by atoms with van der Waals surface area (Å²) in [4.78, 5) is 11.0. The Morgan fingerprint density at radius 2 is 2.29 bits per heavy atom. The van der Waals surface area contributed by atoms with Crippen LogP contribution in [0, 0.1) is 0 Å². The van der Waals surface area contributed by atoms with Crippen LogP contribution in [0.4, 0.5) is 5.82 Å². The van der Waals surface area contributed by atoms with Crippen molar-refractivity contribution < 1.29 is 0 Å². The van der Waals surface area contributed by atoms with Crippen LogP contribution in [-0.2, 0) is 7.05 Å². The van der Waals surface area contributed by atoms with Gasteiger partial charge in [0.1, 0.15) is 12.1 Å². The topological polar surface area (TPSA) is 58.9 Å². The molecule has 0 bridgehead atoms. The maximum Gasteiger partial charge on any atom is 0.163 e. The number of rotatable bonds is 3. The summed E-state index contributed by atoms with van der Waals surface area (Å²) >= 11 is 0. The molecule has 90 valence electrons. The number of fused-ring (bicyclic) bond motifs is 1. The van der Waals surface area contributed by atoms with Crippen molar-refractivity contribution in [1.29, 1.82) is 0 Å². The molecule has 2 aromatic heterocycles. The third kappa shape index (κ3) is 1.56. The SMILES string of the molecule is CCN(c1ncnc2c1cnn2C)C1CNC1. The molecule has 0 spiro atoms. The number of likely N-dealkylation sites (N-methyl/N-ethyl adjacent to an activating group) is 1. The minimum atomic E-state index is 0.540. The summed E-state index contributed by atoms with van der Waals surface area (Å²) < 4.78 is 1.79. The van der Waals surface area contributed by atoms with Crippen molar-refractivity contribution in [2.75, 3.05) is 24.5 Å². The van der Waals surface area contributed by atoms with Crippen molar-refractivity contribution in [3.8, 4) is 0 Å². The molecule has 3 heterocycles. The Bertz CT molecular complexity index is 530. The molecule has 0 unspecified atom stereocenters. The molecule has 6 nitrogen and oxygen atoms in total. The van der Waals surface area contributed by atoms with Gasteiger partial charge in [-0.25, -0.2) is 9.97 Å². The van der Waals surface area contributed by atoms with Gasteiger partial charge in [0.05, 0.1) is 17.6 Å². The first-order valence-electron chi connectivity index (χ1n) is 5.91. The zero-order chi connectivity index (χ0) is 11.8. The van der Waals surface area contributed by atoms with Crippen molar-refractivity contribution in [2.24, 2.45) is 7.05 Å². The number of hydrogen-bond donors (Lipinski definition) is 1. The zero-order valence-electron chi connectivity index (χ0n) is 10.1. The molecule has 1 fully saturated rings. The highest BCUT2D eigenvalue weighted by molar-refractivity contribution is 5.86. The molecule has 1 aliphatic rings. The molecule has 0 radical (unpaired) electrons. The Balaban J connectivity index is 2.08. The first-order chi connectivity index (χ1) is 8.31. The molecule has 2 aromatic rings. The summed E-state index contributed by atoms with van der Waals surface area (Å²) in [6.07, 6.45) is 3.47. The van der Waals surface area contributed by atoms with Gasteiger partial charge in [-0.2, -0.15) is 5.10 Å². The predicted octanol–water partition coefficient (Wildman–Crippen LogP) is 0.161. The van der Waals surface area contributed by atoms with Gasteiger partial charge < -0.3 is 10.2 Å². The van der Waals surface area contributed by atoms with E-state index in [0.717, 1.165) is 36.5 Å². The van der Waals surface area contributed by atoms with Crippen LogP contribution in [0.2, 0.25) is 0 Å². The Hall–Kier alpha value is -1.69. The van der Waals surface area contributed by atoms with Gasteiger partial charge in [0, 0.05) is 26.7 Å². The van der Waals surface area contributed by atoms with E-state index in [1.807, 2.05) is 13.2 Å². The first kappa shape index (κ1) is 10.5. The molecular formula is C11H16N6. The molecule has 0 aromatic carbocycles. The van der Waals surface area contributed by atoms with Gasteiger partial charge in [-0.3, -0.25) is 4.68 Å². The number of nitrogens with one attached hydrogen (secondary N) is 1. The van der Waals surface area contributed by atoms with Crippen LogP contribution in [0.5, 0.6) is 0 Å². The fourth-order valence-electron chi connectivity index (χ4n) is 2.25. The Labute approximate surface area is 99.7 Å². The Morgan fingerprint density at radius 1 is 1.47 bits per heavy atom. The van der Waals surface area contributed by atoms with E-state index in [-0.39, 0.29) is 0 Å². The van der Waals surface area contributed by atoms with Crippen molar-refractivity contribution in [3.05, 3.63) is 12.5 Å². The number of hydrogen-bond acceptors (Lipinski definition) is 5. The quantitative estimate of drug-likeness (QED) is 0.817. The van der Waals surface area contributed by atoms with E-state index in [4.69, 9.17) is 0 Å². The average Bonchev–Trinajstić information content (AvgIpc) is 2.66. The van der Waals surface area contributed by atoms with Gasteiger partial charge in [-0.15, -0.1) is 0 Å². The molecule has 0 amide bonds. The molecule has 3 rings (SSSR count). The van der Waals surface area contributed by atoms with Gasteiger partial charge in [-0.05, 0) is 6.92 Å². The van der Waals surface area contributed by atoms with Crippen LogP contribution in [-0.4, -0.2) is 45.4 Å². The monoisotopic (exact) mass is 232 g/mol. The smallest absolute Gasteiger partial charge is 0.163 e. The Kier molecular flexibility index (Phi) is 2.44. The van der Waals surface area contributed by atoms with E-state index >= 15 is 0 Å². The lowest BCUT2D eigenvalue weighted by molar-refractivity contribution is 0.416. The maximum atomic E-state index is 4.43. The molecular weight excluding hydrogens is 216 g/mol. The number of nitrogens with zero attached hydrogens (tertiary/aromatic N) is 5. The second-order valence-electron chi connectivity index (χ2n) is 4.30. The molecule has 0 saturated carbocycles. The van der Waals surface area contributed by atoms with E-state index in [1.54, 1.807) is 11.0 Å².